The van der Waals surface area contributed by atoms with E-state index in [-0.39, 0.29) is 22.5 Å². The van der Waals surface area contributed by atoms with E-state index in [2.05, 4.69) is 5.32 Å². The molecule has 0 bridgehead atoms. The van der Waals surface area contributed by atoms with Gasteiger partial charge in [0.15, 0.2) is 0 Å². The van der Waals surface area contributed by atoms with Crippen LogP contribution in [0.25, 0.3) is 0 Å². The Bertz CT molecular complexity index is 914. The first-order valence-corrected chi connectivity index (χ1v) is 10.5. The number of nitrogens with zero attached hydrogens (tertiary/aromatic N) is 1. The minimum Gasteiger partial charge on any atom is -0.491 e. The van der Waals surface area contributed by atoms with E-state index in [4.69, 9.17) is 16.3 Å². The van der Waals surface area contributed by atoms with E-state index in [9.17, 15) is 13.2 Å². The highest BCUT2D eigenvalue weighted by molar-refractivity contribution is 7.92. The molecule has 8 heteroatoms. The molecule has 0 heterocycles. The van der Waals surface area contributed by atoms with Crippen molar-refractivity contribution in [3.8, 4) is 5.75 Å². The van der Waals surface area contributed by atoms with Gasteiger partial charge in [0, 0.05) is 7.05 Å². The van der Waals surface area contributed by atoms with E-state index < -0.39 is 10.0 Å². The Labute approximate surface area is 165 Å². The van der Waals surface area contributed by atoms with Crippen LogP contribution in [0, 0.1) is 6.92 Å². The van der Waals surface area contributed by atoms with Crippen LogP contribution in [0.2, 0.25) is 5.02 Å². The second kappa shape index (κ2) is 8.63. The van der Waals surface area contributed by atoms with Crippen LogP contribution in [0.4, 0.5) is 5.69 Å². The molecule has 2 aromatic carbocycles. The maximum atomic E-state index is 12.4. The zero-order valence-corrected chi connectivity index (χ0v) is 17.3. The highest BCUT2D eigenvalue weighted by atomic mass is 35.5. The standard InChI is InChI=1S/C19H23ClN2O4S/c1-13-5-8-16(9-6-13)26-12-14(2)21-19(23)17-10-7-15(11-18(17)20)22(3)27(4,24)25/h5-11,14H,12H2,1-4H3,(H,21,23). The lowest BCUT2D eigenvalue weighted by Gasteiger charge is -2.18. The van der Waals surface area contributed by atoms with Crippen molar-refractivity contribution in [1.82, 2.24) is 5.32 Å². The topological polar surface area (TPSA) is 75.7 Å². The summed E-state index contributed by atoms with van der Waals surface area (Å²) in [5.41, 5.74) is 1.79. The van der Waals surface area contributed by atoms with Gasteiger partial charge >= 0.3 is 0 Å². The lowest BCUT2D eigenvalue weighted by atomic mass is 10.2. The quantitative estimate of drug-likeness (QED) is 0.760. The zero-order valence-electron chi connectivity index (χ0n) is 15.7. The van der Waals surface area contributed by atoms with Crippen LogP contribution >= 0.6 is 11.6 Å². The van der Waals surface area contributed by atoms with Crippen molar-refractivity contribution in [2.45, 2.75) is 19.9 Å². The van der Waals surface area contributed by atoms with Crippen molar-refractivity contribution in [3.05, 3.63) is 58.6 Å². The van der Waals surface area contributed by atoms with Gasteiger partial charge in [0.1, 0.15) is 12.4 Å². The molecule has 0 spiro atoms. The van der Waals surface area contributed by atoms with Crippen LogP contribution in [-0.4, -0.2) is 40.3 Å². The molecule has 0 saturated carbocycles. The number of sulfonamides is 1. The number of nitrogens with one attached hydrogen (secondary N) is 1. The normalized spacial score (nSPS) is 12.3. The summed E-state index contributed by atoms with van der Waals surface area (Å²) in [5.74, 6) is 0.376. The van der Waals surface area contributed by atoms with Crippen LogP contribution in [0.1, 0.15) is 22.8 Å². The fraction of sp³-hybridized carbons (Fsp3) is 0.316. The minimum absolute atomic E-state index is 0.173. The molecule has 27 heavy (non-hydrogen) atoms. The fourth-order valence-electron chi connectivity index (χ4n) is 2.27. The summed E-state index contributed by atoms with van der Waals surface area (Å²) in [7, 11) is -1.98. The lowest BCUT2D eigenvalue weighted by molar-refractivity contribution is 0.0927. The second-order valence-corrected chi connectivity index (χ2v) is 8.81. The molecule has 0 radical (unpaired) electrons. The third-order valence-corrected chi connectivity index (χ3v) is 5.48. The van der Waals surface area contributed by atoms with Gasteiger partial charge in [-0.1, -0.05) is 29.3 Å². The van der Waals surface area contributed by atoms with Crippen LogP contribution in [-0.2, 0) is 10.0 Å². The lowest BCUT2D eigenvalue weighted by Crippen LogP contribution is -2.37. The van der Waals surface area contributed by atoms with Gasteiger partial charge in [0.2, 0.25) is 10.0 Å². The molecule has 146 valence electrons. The number of aryl methyl sites for hydroxylation is 1. The number of anilines is 1. The number of rotatable bonds is 7. The van der Waals surface area contributed by atoms with E-state index in [0.29, 0.717) is 12.3 Å². The van der Waals surface area contributed by atoms with Crippen molar-refractivity contribution in [2.75, 3.05) is 24.2 Å². The summed E-state index contributed by atoms with van der Waals surface area (Å²) in [5, 5.41) is 2.99. The molecule has 2 rings (SSSR count). The fourth-order valence-corrected chi connectivity index (χ4v) is 3.03. The molecule has 1 atom stereocenters. The smallest absolute Gasteiger partial charge is 0.253 e. The monoisotopic (exact) mass is 410 g/mol. The molecule has 1 amide bonds. The predicted octanol–water partition coefficient (Wildman–Crippen LogP) is 3.24. The van der Waals surface area contributed by atoms with E-state index in [1.54, 1.807) is 0 Å². The summed E-state index contributed by atoms with van der Waals surface area (Å²) in [4.78, 5) is 12.4. The average molecular weight is 411 g/mol. The number of halogens is 1. The molecule has 1 unspecified atom stereocenters. The molecule has 0 aliphatic carbocycles. The molecule has 2 aromatic rings. The molecule has 0 aromatic heterocycles. The van der Waals surface area contributed by atoms with Gasteiger partial charge < -0.3 is 10.1 Å². The maximum Gasteiger partial charge on any atom is 0.253 e. The van der Waals surface area contributed by atoms with Crippen molar-refractivity contribution < 1.29 is 17.9 Å². The average Bonchev–Trinajstić information content (AvgIpc) is 2.59. The number of ether oxygens (including phenoxy) is 1. The van der Waals surface area contributed by atoms with E-state index >= 15 is 0 Å². The molecular weight excluding hydrogens is 388 g/mol. The Hall–Kier alpha value is -2.25. The first-order valence-electron chi connectivity index (χ1n) is 8.31. The highest BCUT2D eigenvalue weighted by Gasteiger charge is 2.17. The van der Waals surface area contributed by atoms with Crippen molar-refractivity contribution in [1.29, 1.82) is 0 Å². The van der Waals surface area contributed by atoms with Gasteiger partial charge in [-0.3, -0.25) is 9.10 Å². The Morgan fingerprint density at radius 1 is 1.22 bits per heavy atom. The third-order valence-electron chi connectivity index (χ3n) is 3.96. The Balaban J connectivity index is 1.99. The van der Waals surface area contributed by atoms with Crippen molar-refractivity contribution in [3.63, 3.8) is 0 Å². The van der Waals surface area contributed by atoms with Crippen LogP contribution in [0.15, 0.2) is 42.5 Å². The largest absolute Gasteiger partial charge is 0.491 e. The third kappa shape index (κ3) is 5.87. The van der Waals surface area contributed by atoms with Crippen LogP contribution in [0.3, 0.4) is 0 Å². The summed E-state index contributed by atoms with van der Waals surface area (Å²) < 4.78 is 30.0. The Morgan fingerprint density at radius 2 is 1.85 bits per heavy atom. The SMILES string of the molecule is Cc1ccc(OCC(C)NC(=O)c2ccc(N(C)S(C)(=O)=O)cc2Cl)cc1. The zero-order chi connectivity index (χ0) is 20.2. The van der Waals surface area contributed by atoms with Crippen molar-refractivity contribution in [2.24, 2.45) is 0 Å². The molecule has 1 N–H and O–H groups in total. The van der Waals surface area contributed by atoms with Crippen LogP contribution in [0.5, 0.6) is 5.75 Å². The Morgan fingerprint density at radius 3 is 2.41 bits per heavy atom. The van der Waals surface area contributed by atoms with Crippen molar-refractivity contribution >= 4 is 33.2 Å². The van der Waals surface area contributed by atoms with Gasteiger partial charge in [-0.2, -0.15) is 0 Å². The molecular formula is C19H23ClN2O4S. The molecule has 0 saturated heterocycles. The van der Waals surface area contributed by atoms with Gasteiger partial charge in [-0.25, -0.2) is 8.42 Å². The van der Waals surface area contributed by atoms with E-state index in [1.165, 1.54) is 25.2 Å². The number of benzene rings is 2. The number of hydrogen-bond acceptors (Lipinski definition) is 4. The first kappa shape index (κ1) is 21.1. The molecule has 0 fully saturated rings. The van der Waals surface area contributed by atoms with Crippen LogP contribution < -0.4 is 14.4 Å². The first-order chi connectivity index (χ1) is 12.6. The highest BCUT2D eigenvalue weighted by Crippen LogP contribution is 2.24. The van der Waals surface area contributed by atoms with E-state index in [1.807, 2.05) is 38.1 Å². The van der Waals surface area contributed by atoms with Gasteiger partial charge in [-0.05, 0) is 44.2 Å². The number of carbonyl (C=O) groups excluding carboxylic acids is 1. The van der Waals surface area contributed by atoms with E-state index in [0.717, 1.165) is 21.9 Å². The number of carbonyl (C=O) groups is 1. The van der Waals surface area contributed by atoms with Gasteiger partial charge in [0.25, 0.3) is 5.91 Å². The summed E-state index contributed by atoms with van der Waals surface area (Å²) in [6.07, 6.45) is 1.09. The molecule has 0 aliphatic rings. The summed E-state index contributed by atoms with van der Waals surface area (Å²) in [6, 6.07) is 11.9. The maximum absolute atomic E-state index is 12.4. The summed E-state index contributed by atoms with van der Waals surface area (Å²) in [6.45, 7) is 4.13. The second-order valence-electron chi connectivity index (χ2n) is 6.39. The summed E-state index contributed by atoms with van der Waals surface area (Å²) >= 11 is 6.18. The molecule has 6 nitrogen and oxygen atoms in total. The number of hydrogen-bond donors (Lipinski definition) is 1. The number of amides is 1. The minimum atomic E-state index is -3.40. The van der Waals surface area contributed by atoms with Gasteiger partial charge in [0.05, 0.1) is 28.6 Å². The predicted molar refractivity (Wildman–Crippen MR) is 108 cm³/mol. The Kier molecular flexibility index (Phi) is 6.73. The molecule has 0 aliphatic heterocycles. The van der Waals surface area contributed by atoms with Gasteiger partial charge in [-0.15, -0.1) is 0 Å².